The Bertz CT molecular complexity index is 1500. The summed E-state index contributed by atoms with van der Waals surface area (Å²) in [7, 11) is 0. The van der Waals surface area contributed by atoms with Gasteiger partial charge in [0.1, 0.15) is 13.2 Å². The van der Waals surface area contributed by atoms with E-state index in [1.165, 1.54) is 205 Å². The van der Waals surface area contributed by atoms with Crippen LogP contribution in [0.25, 0.3) is 0 Å². The second-order valence-electron chi connectivity index (χ2n) is 22.7. The first-order chi connectivity index (χ1) is 39.0. The summed E-state index contributed by atoms with van der Waals surface area (Å²) in [5.41, 5.74) is 0. The maximum atomic E-state index is 12.9. The fourth-order valence-corrected chi connectivity index (χ4v) is 9.76. The van der Waals surface area contributed by atoms with Crippen LogP contribution in [-0.2, 0) is 28.6 Å². The van der Waals surface area contributed by atoms with Crippen molar-refractivity contribution in [2.24, 2.45) is 0 Å². The molecule has 0 aliphatic rings. The van der Waals surface area contributed by atoms with Crippen molar-refractivity contribution in [3.63, 3.8) is 0 Å². The minimum absolute atomic E-state index is 0.0897. The van der Waals surface area contributed by atoms with Gasteiger partial charge in [0, 0.05) is 19.3 Å². The van der Waals surface area contributed by atoms with E-state index in [0.717, 1.165) is 96.3 Å². The van der Waals surface area contributed by atoms with Crippen LogP contribution in [0.1, 0.15) is 342 Å². The number of carbonyl (C=O) groups excluding carboxylic acids is 3. The lowest BCUT2D eigenvalue weighted by molar-refractivity contribution is -0.167. The predicted octanol–water partition coefficient (Wildman–Crippen LogP) is 23.4. The number of ether oxygens (including phenoxy) is 3. The Morgan fingerprint density at radius 1 is 0.266 bits per heavy atom. The van der Waals surface area contributed by atoms with E-state index in [-0.39, 0.29) is 37.5 Å². The van der Waals surface area contributed by atoms with Crippen molar-refractivity contribution in [3.05, 3.63) is 85.1 Å². The third kappa shape index (κ3) is 65.3. The van der Waals surface area contributed by atoms with Gasteiger partial charge in [0.05, 0.1) is 0 Å². The molecule has 0 N–H and O–H groups in total. The lowest BCUT2D eigenvalue weighted by Gasteiger charge is -2.18. The Morgan fingerprint density at radius 3 is 0.797 bits per heavy atom. The van der Waals surface area contributed by atoms with Crippen LogP contribution in [-0.4, -0.2) is 37.2 Å². The lowest BCUT2D eigenvalue weighted by atomic mass is 10.0. The van der Waals surface area contributed by atoms with Crippen LogP contribution in [0, 0.1) is 0 Å². The number of carbonyl (C=O) groups is 3. The van der Waals surface area contributed by atoms with Crippen LogP contribution < -0.4 is 0 Å². The van der Waals surface area contributed by atoms with Gasteiger partial charge in [-0.05, 0) is 116 Å². The van der Waals surface area contributed by atoms with Gasteiger partial charge in [-0.3, -0.25) is 14.4 Å². The number of esters is 3. The molecule has 0 spiro atoms. The molecular formula is C73H128O6. The molecule has 0 saturated heterocycles. The van der Waals surface area contributed by atoms with Gasteiger partial charge in [0.25, 0.3) is 0 Å². The molecule has 456 valence electrons. The van der Waals surface area contributed by atoms with Crippen molar-refractivity contribution in [2.75, 3.05) is 13.2 Å². The van der Waals surface area contributed by atoms with Crippen molar-refractivity contribution in [3.8, 4) is 0 Å². The smallest absolute Gasteiger partial charge is 0.306 e. The van der Waals surface area contributed by atoms with E-state index in [1.54, 1.807) is 0 Å². The van der Waals surface area contributed by atoms with Crippen molar-refractivity contribution < 1.29 is 28.6 Å². The number of unbranched alkanes of at least 4 members (excludes halogenated alkanes) is 37. The summed E-state index contributed by atoms with van der Waals surface area (Å²) < 4.78 is 16.9. The first kappa shape index (κ1) is 75.6. The fraction of sp³-hybridized carbons (Fsp3) is 0.767. The Kier molecular flexibility index (Phi) is 64.2. The third-order valence-corrected chi connectivity index (χ3v) is 14.9. The fourth-order valence-electron chi connectivity index (χ4n) is 9.76. The number of hydrogen-bond donors (Lipinski definition) is 0. The quantitative estimate of drug-likeness (QED) is 0.0261. The summed E-state index contributed by atoms with van der Waals surface area (Å²) in [6, 6.07) is 0. The number of rotatable bonds is 62. The molecule has 0 radical (unpaired) electrons. The van der Waals surface area contributed by atoms with E-state index in [2.05, 4.69) is 106 Å². The van der Waals surface area contributed by atoms with E-state index in [0.29, 0.717) is 12.8 Å². The van der Waals surface area contributed by atoms with Gasteiger partial charge in [-0.15, -0.1) is 0 Å². The molecule has 0 saturated carbocycles. The zero-order valence-corrected chi connectivity index (χ0v) is 52.4. The second-order valence-corrected chi connectivity index (χ2v) is 22.7. The van der Waals surface area contributed by atoms with Gasteiger partial charge in [0.15, 0.2) is 6.10 Å². The van der Waals surface area contributed by atoms with Crippen molar-refractivity contribution in [2.45, 2.75) is 348 Å². The van der Waals surface area contributed by atoms with E-state index >= 15 is 0 Å². The third-order valence-electron chi connectivity index (χ3n) is 14.9. The first-order valence-corrected chi connectivity index (χ1v) is 34.1. The van der Waals surface area contributed by atoms with Gasteiger partial charge >= 0.3 is 17.9 Å². The highest BCUT2D eigenvalue weighted by molar-refractivity contribution is 5.71. The van der Waals surface area contributed by atoms with Crippen LogP contribution in [0.2, 0.25) is 0 Å². The SMILES string of the molecule is CC/C=C\C/C=C\C/C=C\C/C=C\C/C=C\CCCCCC(=O)OC(COC(=O)CCCCCCCCC/C=C\CCCCCCCC)COC(=O)CCCCCCCCCCCCCCC/C=C\CCCCCCCCCC. The molecule has 0 fully saturated rings. The van der Waals surface area contributed by atoms with Gasteiger partial charge < -0.3 is 14.2 Å². The molecule has 0 rings (SSSR count). The summed E-state index contributed by atoms with van der Waals surface area (Å²) in [6.07, 6.45) is 88.9. The standard InChI is InChI=1S/C73H128O6/c1-4-7-10-13-16-19-22-25-28-31-33-34-35-36-37-38-40-42-45-48-51-54-57-60-63-66-72(75)78-69-70(68-77-71(74)65-62-59-56-53-50-47-44-41-30-27-24-21-18-15-12-9-6-3)79-73(76)67-64-61-58-55-52-49-46-43-39-32-29-26-23-20-17-14-11-8-5-2/h8,11,17,20,26-27,29-31,33,39,43,49,52,70H,4-7,9-10,12-16,18-19,21-25,28,32,34-38,40-42,44-48,50-51,53-69H2,1-3H3/b11-8-,20-17-,29-26-,30-27-,33-31-,43-39-,52-49-. The number of allylic oxidation sites excluding steroid dienone is 14. The Hall–Kier alpha value is -3.41. The molecule has 0 aromatic rings. The van der Waals surface area contributed by atoms with Crippen LogP contribution in [0.5, 0.6) is 0 Å². The molecule has 6 heteroatoms. The Morgan fingerprint density at radius 2 is 0.494 bits per heavy atom. The zero-order chi connectivity index (χ0) is 57.1. The van der Waals surface area contributed by atoms with Gasteiger partial charge in [-0.1, -0.05) is 292 Å². The minimum atomic E-state index is -0.798. The van der Waals surface area contributed by atoms with Crippen LogP contribution in [0.15, 0.2) is 85.1 Å². The first-order valence-electron chi connectivity index (χ1n) is 34.1. The largest absolute Gasteiger partial charge is 0.462 e. The maximum absolute atomic E-state index is 12.9. The molecule has 0 aromatic heterocycles. The molecule has 0 bridgehead atoms. The summed E-state index contributed by atoms with van der Waals surface area (Å²) in [5.74, 6) is -0.911. The van der Waals surface area contributed by atoms with Crippen LogP contribution in [0.4, 0.5) is 0 Å². The minimum Gasteiger partial charge on any atom is -0.462 e. The molecule has 0 aliphatic carbocycles. The van der Waals surface area contributed by atoms with E-state index in [1.807, 2.05) is 0 Å². The highest BCUT2D eigenvalue weighted by Gasteiger charge is 2.19. The van der Waals surface area contributed by atoms with Crippen LogP contribution >= 0.6 is 0 Å². The summed E-state index contributed by atoms with van der Waals surface area (Å²) in [5, 5.41) is 0. The summed E-state index contributed by atoms with van der Waals surface area (Å²) >= 11 is 0. The molecule has 0 heterocycles. The lowest BCUT2D eigenvalue weighted by Crippen LogP contribution is -2.30. The highest BCUT2D eigenvalue weighted by atomic mass is 16.6. The van der Waals surface area contributed by atoms with Crippen molar-refractivity contribution >= 4 is 17.9 Å². The average Bonchev–Trinajstić information content (AvgIpc) is 3.45. The molecule has 6 nitrogen and oxygen atoms in total. The molecule has 0 aliphatic heterocycles. The van der Waals surface area contributed by atoms with Gasteiger partial charge in [0.2, 0.25) is 0 Å². The van der Waals surface area contributed by atoms with Crippen molar-refractivity contribution in [1.29, 1.82) is 0 Å². The summed E-state index contributed by atoms with van der Waals surface area (Å²) in [6.45, 7) is 6.53. The van der Waals surface area contributed by atoms with E-state index < -0.39 is 6.10 Å². The highest BCUT2D eigenvalue weighted by Crippen LogP contribution is 2.17. The monoisotopic (exact) mass is 1100 g/mol. The van der Waals surface area contributed by atoms with E-state index in [9.17, 15) is 14.4 Å². The van der Waals surface area contributed by atoms with Crippen molar-refractivity contribution in [1.82, 2.24) is 0 Å². The number of hydrogen-bond acceptors (Lipinski definition) is 6. The zero-order valence-electron chi connectivity index (χ0n) is 52.4. The normalized spacial score (nSPS) is 12.6. The molecule has 79 heavy (non-hydrogen) atoms. The molecule has 1 atom stereocenters. The molecule has 0 aromatic carbocycles. The predicted molar refractivity (Wildman–Crippen MR) is 344 cm³/mol. The maximum Gasteiger partial charge on any atom is 0.306 e. The average molecular weight is 1100 g/mol. The molecular weight excluding hydrogens is 973 g/mol. The second kappa shape index (κ2) is 67.1. The van der Waals surface area contributed by atoms with Crippen LogP contribution in [0.3, 0.4) is 0 Å². The Balaban J connectivity index is 4.37. The molecule has 0 amide bonds. The topological polar surface area (TPSA) is 78.9 Å². The Labute approximate surface area is 490 Å². The van der Waals surface area contributed by atoms with E-state index in [4.69, 9.17) is 14.2 Å². The summed E-state index contributed by atoms with van der Waals surface area (Å²) in [4.78, 5) is 38.4. The molecule has 1 unspecified atom stereocenters. The van der Waals surface area contributed by atoms with Gasteiger partial charge in [-0.25, -0.2) is 0 Å². The van der Waals surface area contributed by atoms with Gasteiger partial charge in [-0.2, -0.15) is 0 Å².